The van der Waals surface area contributed by atoms with E-state index in [1.807, 2.05) is 0 Å². The molecule has 0 amide bonds. The maximum atomic E-state index is 6.06. The van der Waals surface area contributed by atoms with Crippen molar-refractivity contribution in [2.45, 2.75) is 32.1 Å². The highest BCUT2D eigenvalue weighted by Gasteiger charge is 2.29. The molecule has 0 spiro atoms. The second-order valence-electron chi connectivity index (χ2n) is 6.09. The highest BCUT2D eigenvalue weighted by Crippen LogP contribution is 2.26. The number of hydrogen-bond acceptors (Lipinski definition) is 2. The van der Waals surface area contributed by atoms with Crippen molar-refractivity contribution in [3.05, 3.63) is 35.9 Å². The summed E-state index contributed by atoms with van der Waals surface area (Å²) in [5, 5.41) is 0. The molecule has 1 unspecified atom stereocenters. The molecule has 18 heavy (non-hydrogen) atoms. The van der Waals surface area contributed by atoms with Crippen LogP contribution in [0.3, 0.4) is 0 Å². The fourth-order valence-corrected chi connectivity index (χ4v) is 2.83. The van der Waals surface area contributed by atoms with Crippen LogP contribution in [-0.4, -0.2) is 31.1 Å². The highest BCUT2D eigenvalue weighted by molar-refractivity contribution is 5.25. The molecule has 0 radical (unpaired) electrons. The predicted octanol–water partition coefficient (Wildman–Crippen LogP) is 2.63. The summed E-state index contributed by atoms with van der Waals surface area (Å²) in [4.78, 5) is 2.58. The van der Waals surface area contributed by atoms with Crippen molar-refractivity contribution < 1.29 is 0 Å². The molecule has 1 aliphatic heterocycles. The van der Waals surface area contributed by atoms with Crippen LogP contribution in [0.1, 0.15) is 32.3 Å². The van der Waals surface area contributed by atoms with Crippen molar-refractivity contribution in [3.8, 4) is 0 Å². The molecule has 0 saturated carbocycles. The molecule has 1 aromatic carbocycles. The average Bonchev–Trinajstić information content (AvgIpc) is 2.42. The van der Waals surface area contributed by atoms with E-state index in [1.165, 1.54) is 31.5 Å². The van der Waals surface area contributed by atoms with E-state index in [0.717, 1.165) is 12.5 Å². The van der Waals surface area contributed by atoms with Crippen LogP contribution < -0.4 is 5.73 Å². The first-order valence-electron chi connectivity index (χ1n) is 7.12. The lowest BCUT2D eigenvalue weighted by molar-refractivity contribution is 0.159. The summed E-state index contributed by atoms with van der Waals surface area (Å²) in [6.07, 6.45) is 2.66. The van der Waals surface area contributed by atoms with Crippen LogP contribution in [0.15, 0.2) is 30.3 Å². The number of rotatable bonds is 4. The van der Waals surface area contributed by atoms with Gasteiger partial charge in [-0.05, 0) is 37.4 Å². The first kappa shape index (κ1) is 13.6. The van der Waals surface area contributed by atoms with Gasteiger partial charge < -0.3 is 10.6 Å². The molecule has 2 nitrogen and oxygen atoms in total. The fraction of sp³-hybridized carbons (Fsp3) is 0.625. The Labute approximate surface area is 111 Å². The first-order valence-corrected chi connectivity index (χ1v) is 7.12. The van der Waals surface area contributed by atoms with Gasteiger partial charge in [-0.15, -0.1) is 0 Å². The molecule has 100 valence electrons. The molecule has 1 atom stereocenters. The van der Waals surface area contributed by atoms with Crippen LogP contribution in [0.4, 0.5) is 0 Å². The minimum absolute atomic E-state index is 0.0852. The third-order valence-electron chi connectivity index (χ3n) is 4.37. The van der Waals surface area contributed by atoms with Gasteiger partial charge in [0.15, 0.2) is 0 Å². The molecule has 1 heterocycles. The van der Waals surface area contributed by atoms with E-state index in [0.29, 0.717) is 6.54 Å². The minimum atomic E-state index is 0.0852. The van der Waals surface area contributed by atoms with Gasteiger partial charge in [0.1, 0.15) is 0 Å². The molecular formula is C16H26N2. The molecule has 2 N–H and O–H groups in total. The Hall–Kier alpha value is -0.860. The monoisotopic (exact) mass is 246 g/mol. The van der Waals surface area contributed by atoms with Gasteiger partial charge in [-0.3, -0.25) is 0 Å². The number of nitrogens with zero attached hydrogens (tertiary/aromatic N) is 1. The molecular weight excluding hydrogens is 220 g/mol. The SMILES string of the molecule is CC1CCN(CC(C)(CN)c2ccccc2)CC1. The van der Waals surface area contributed by atoms with Crippen molar-refractivity contribution in [1.82, 2.24) is 4.90 Å². The third-order valence-corrected chi connectivity index (χ3v) is 4.37. The largest absolute Gasteiger partial charge is 0.330 e. The van der Waals surface area contributed by atoms with Gasteiger partial charge in [-0.25, -0.2) is 0 Å². The summed E-state index contributed by atoms with van der Waals surface area (Å²) in [5.74, 6) is 0.891. The number of likely N-dealkylation sites (tertiary alicyclic amines) is 1. The van der Waals surface area contributed by atoms with Crippen molar-refractivity contribution in [2.24, 2.45) is 11.7 Å². The van der Waals surface area contributed by atoms with Gasteiger partial charge in [0.25, 0.3) is 0 Å². The molecule has 1 aliphatic rings. The number of nitrogens with two attached hydrogens (primary N) is 1. The van der Waals surface area contributed by atoms with E-state index in [9.17, 15) is 0 Å². The number of hydrogen-bond donors (Lipinski definition) is 1. The van der Waals surface area contributed by atoms with E-state index in [1.54, 1.807) is 0 Å². The van der Waals surface area contributed by atoms with Crippen LogP contribution in [0, 0.1) is 5.92 Å². The molecule has 0 bridgehead atoms. The maximum Gasteiger partial charge on any atom is 0.0174 e. The topological polar surface area (TPSA) is 29.3 Å². The zero-order valence-electron chi connectivity index (χ0n) is 11.7. The Morgan fingerprint density at radius 2 is 1.83 bits per heavy atom. The molecule has 2 heteroatoms. The molecule has 1 aromatic rings. The van der Waals surface area contributed by atoms with Crippen LogP contribution in [0.25, 0.3) is 0 Å². The van der Waals surface area contributed by atoms with Gasteiger partial charge in [0.05, 0.1) is 0 Å². The van der Waals surface area contributed by atoms with Gasteiger partial charge >= 0.3 is 0 Å². The normalized spacial score (nSPS) is 21.7. The molecule has 0 aromatic heterocycles. The lowest BCUT2D eigenvalue weighted by Crippen LogP contribution is -2.46. The van der Waals surface area contributed by atoms with Crippen molar-refractivity contribution in [1.29, 1.82) is 0 Å². The van der Waals surface area contributed by atoms with Crippen molar-refractivity contribution >= 4 is 0 Å². The molecule has 0 aliphatic carbocycles. The summed E-state index contributed by atoms with van der Waals surface area (Å²) in [7, 11) is 0. The quantitative estimate of drug-likeness (QED) is 0.885. The van der Waals surface area contributed by atoms with Gasteiger partial charge in [0, 0.05) is 18.5 Å². The summed E-state index contributed by atoms with van der Waals surface area (Å²) in [6, 6.07) is 10.7. The van der Waals surface area contributed by atoms with Crippen molar-refractivity contribution in [3.63, 3.8) is 0 Å². The Balaban J connectivity index is 2.04. The Morgan fingerprint density at radius 3 is 2.39 bits per heavy atom. The van der Waals surface area contributed by atoms with Crippen LogP contribution >= 0.6 is 0 Å². The van der Waals surface area contributed by atoms with Gasteiger partial charge in [-0.1, -0.05) is 44.2 Å². The summed E-state index contributed by atoms with van der Waals surface area (Å²) in [5.41, 5.74) is 7.51. The van der Waals surface area contributed by atoms with E-state index in [2.05, 4.69) is 49.1 Å². The Morgan fingerprint density at radius 1 is 1.22 bits per heavy atom. The maximum absolute atomic E-state index is 6.06. The standard InChI is InChI=1S/C16H26N2/c1-14-8-10-18(11-9-14)13-16(2,12-17)15-6-4-3-5-7-15/h3-7,14H,8-13,17H2,1-2H3. The average molecular weight is 246 g/mol. The predicted molar refractivity (Wildman–Crippen MR) is 77.7 cm³/mol. The van der Waals surface area contributed by atoms with Crippen LogP contribution in [0.5, 0.6) is 0 Å². The smallest absolute Gasteiger partial charge is 0.0174 e. The summed E-state index contributed by atoms with van der Waals surface area (Å²) < 4.78 is 0. The van der Waals surface area contributed by atoms with E-state index < -0.39 is 0 Å². The van der Waals surface area contributed by atoms with Gasteiger partial charge in [-0.2, -0.15) is 0 Å². The minimum Gasteiger partial charge on any atom is -0.330 e. The van der Waals surface area contributed by atoms with Crippen molar-refractivity contribution in [2.75, 3.05) is 26.2 Å². The Bertz CT molecular complexity index is 355. The summed E-state index contributed by atoms with van der Waals surface area (Å²) in [6.45, 7) is 8.90. The highest BCUT2D eigenvalue weighted by atomic mass is 15.1. The number of piperidine rings is 1. The lowest BCUT2D eigenvalue weighted by atomic mass is 9.81. The summed E-state index contributed by atoms with van der Waals surface area (Å²) >= 11 is 0. The fourth-order valence-electron chi connectivity index (χ4n) is 2.83. The molecule has 1 fully saturated rings. The number of benzene rings is 1. The van der Waals surface area contributed by atoms with Gasteiger partial charge in [0.2, 0.25) is 0 Å². The first-order chi connectivity index (χ1) is 8.64. The Kier molecular flexibility index (Phi) is 4.41. The van der Waals surface area contributed by atoms with E-state index in [-0.39, 0.29) is 5.41 Å². The second kappa shape index (κ2) is 5.85. The molecule has 2 rings (SSSR count). The van der Waals surface area contributed by atoms with Crippen LogP contribution in [-0.2, 0) is 5.41 Å². The van der Waals surface area contributed by atoms with E-state index >= 15 is 0 Å². The van der Waals surface area contributed by atoms with Crippen LogP contribution in [0.2, 0.25) is 0 Å². The lowest BCUT2D eigenvalue weighted by Gasteiger charge is -2.38. The zero-order valence-corrected chi connectivity index (χ0v) is 11.7. The van der Waals surface area contributed by atoms with E-state index in [4.69, 9.17) is 5.73 Å². The third kappa shape index (κ3) is 3.12. The molecule has 1 saturated heterocycles. The second-order valence-corrected chi connectivity index (χ2v) is 6.09. The zero-order chi connectivity index (χ0) is 13.0.